The number of halogens is 1. The fourth-order valence-electron chi connectivity index (χ4n) is 1.43. The fraction of sp³-hybridized carbons (Fsp3) is 0.875. The van der Waals surface area contributed by atoms with E-state index in [0.29, 0.717) is 0 Å². The largest absolute Gasteiger partial charge is 0.394 e. The van der Waals surface area contributed by atoms with Gasteiger partial charge in [0.1, 0.15) is 6.04 Å². The van der Waals surface area contributed by atoms with Crippen LogP contribution >= 0.6 is 12.4 Å². The number of hydrogen-bond donors (Lipinski definition) is 2. The van der Waals surface area contributed by atoms with Gasteiger partial charge in [0, 0.05) is 13.1 Å². The van der Waals surface area contributed by atoms with E-state index in [2.05, 4.69) is 0 Å². The molecular formula is C8H17ClN2O2. The zero-order valence-electron chi connectivity index (χ0n) is 7.61. The molecule has 1 atom stereocenters. The zero-order chi connectivity index (χ0) is 8.97. The number of likely N-dealkylation sites (tertiary alicyclic amines) is 1. The van der Waals surface area contributed by atoms with E-state index in [9.17, 15) is 4.79 Å². The smallest absolute Gasteiger partial charge is 0.241 e. The van der Waals surface area contributed by atoms with E-state index in [0.717, 1.165) is 25.9 Å². The molecule has 1 heterocycles. The van der Waals surface area contributed by atoms with Crippen LogP contribution in [0.2, 0.25) is 0 Å². The highest BCUT2D eigenvalue weighted by atomic mass is 35.5. The first-order valence-corrected chi connectivity index (χ1v) is 4.41. The van der Waals surface area contributed by atoms with Crippen molar-refractivity contribution in [3.8, 4) is 0 Å². The minimum atomic E-state index is -0.719. The molecule has 0 radical (unpaired) electrons. The summed E-state index contributed by atoms with van der Waals surface area (Å²) in [6, 6.07) is -0.719. The third-order valence-corrected chi connectivity index (χ3v) is 2.18. The van der Waals surface area contributed by atoms with Gasteiger partial charge in [-0.05, 0) is 19.3 Å². The van der Waals surface area contributed by atoms with Crippen LogP contribution in [0.25, 0.3) is 0 Å². The summed E-state index contributed by atoms with van der Waals surface area (Å²) in [5.41, 5.74) is 5.41. The Labute approximate surface area is 84.5 Å². The summed E-state index contributed by atoms with van der Waals surface area (Å²) in [4.78, 5) is 13.1. The van der Waals surface area contributed by atoms with Crippen LogP contribution in [0.4, 0.5) is 0 Å². The molecule has 1 amide bonds. The van der Waals surface area contributed by atoms with E-state index in [1.807, 2.05) is 0 Å². The SMILES string of the molecule is Cl.N[C@@H](CO)C(=O)N1CCCCC1. The highest BCUT2D eigenvalue weighted by Gasteiger charge is 2.21. The lowest BCUT2D eigenvalue weighted by atomic mass is 10.1. The first-order chi connectivity index (χ1) is 5.75. The summed E-state index contributed by atoms with van der Waals surface area (Å²) < 4.78 is 0. The second-order valence-electron chi connectivity index (χ2n) is 3.18. The molecule has 0 saturated carbocycles. The van der Waals surface area contributed by atoms with E-state index in [1.165, 1.54) is 6.42 Å². The van der Waals surface area contributed by atoms with Gasteiger partial charge in [0.2, 0.25) is 5.91 Å². The second kappa shape index (κ2) is 6.18. The van der Waals surface area contributed by atoms with Crippen molar-refractivity contribution < 1.29 is 9.90 Å². The van der Waals surface area contributed by atoms with Crippen LogP contribution in [-0.4, -0.2) is 41.7 Å². The average molecular weight is 209 g/mol. The maximum atomic E-state index is 11.4. The third kappa shape index (κ3) is 3.50. The van der Waals surface area contributed by atoms with Crippen molar-refractivity contribution in [3.63, 3.8) is 0 Å². The van der Waals surface area contributed by atoms with Crippen molar-refractivity contribution in [2.75, 3.05) is 19.7 Å². The number of aliphatic hydroxyl groups is 1. The quantitative estimate of drug-likeness (QED) is 0.657. The van der Waals surface area contributed by atoms with Gasteiger partial charge in [-0.2, -0.15) is 0 Å². The Morgan fingerprint density at radius 2 is 1.92 bits per heavy atom. The molecule has 0 bridgehead atoms. The summed E-state index contributed by atoms with van der Waals surface area (Å²) in [7, 11) is 0. The highest BCUT2D eigenvalue weighted by molar-refractivity contribution is 5.85. The normalized spacial score (nSPS) is 19.1. The molecule has 1 fully saturated rings. The highest BCUT2D eigenvalue weighted by Crippen LogP contribution is 2.09. The van der Waals surface area contributed by atoms with Crippen molar-refractivity contribution in [2.24, 2.45) is 5.73 Å². The lowest BCUT2D eigenvalue weighted by Gasteiger charge is -2.28. The van der Waals surface area contributed by atoms with Gasteiger partial charge in [-0.3, -0.25) is 4.79 Å². The number of aliphatic hydroxyl groups excluding tert-OH is 1. The Bertz CT molecular complexity index is 160. The van der Waals surface area contributed by atoms with Gasteiger partial charge >= 0.3 is 0 Å². The van der Waals surface area contributed by atoms with E-state index >= 15 is 0 Å². The standard InChI is InChI=1S/C8H16N2O2.ClH/c9-7(6-11)8(12)10-4-2-1-3-5-10;/h7,11H,1-6,9H2;1H/t7-;/m0./s1. The number of piperidine rings is 1. The maximum absolute atomic E-state index is 11.4. The van der Waals surface area contributed by atoms with Crippen LogP contribution < -0.4 is 5.73 Å². The average Bonchev–Trinajstić information content (AvgIpc) is 2.17. The molecule has 0 unspecified atom stereocenters. The van der Waals surface area contributed by atoms with Crippen molar-refractivity contribution >= 4 is 18.3 Å². The fourth-order valence-corrected chi connectivity index (χ4v) is 1.43. The molecule has 1 aliphatic heterocycles. The lowest BCUT2D eigenvalue weighted by molar-refractivity contribution is -0.134. The van der Waals surface area contributed by atoms with E-state index in [1.54, 1.807) is 4.90 Å². The second-order valence-corrected chi connectivity index (χ2v) is 3.18. The van der Waals surface area contributed by atoms with Gasteiger partial charge < -0.3 is 15.7 Å². The summed E-state index contributed by atoms with van der Waals surface area (Å²) in [5, 5.41) is 8.66. The molecule has 3 N–H and O–H groups in total. The van der Waals surface area contributed by atoms with Crippen LogP contribution in [0.5, 0.6) is 0 Å². The van der Waals surface area contributed by atoms with Gasteiger partial charge in [-0.15, -0.1) is 12.4 Å². The molecule has 1 aliphatic rings. The van der Waals surface area contributed by atoms with Gasteiger partial charge in [0.25, 0.3) is 0 Å². The molecule has 13 heavy (non-hydrogen) atoms. The molecule has 0 aromatic rings. The van der Waals surface area contributed by atoms with Crippen molar-refractivity contribution in [2.45, 2.75) is 25.3 Å². The zero-order valence-corrected chi connectivity index (χ0v) is 8.42. The van der Waals surface area contributed by atoms with Crippen LogP contribution in [0, 0.1) is 0 Å². The Morgan fingerprint density at radius 1 is 1.38 bits per heavy atom. The molecule has 4 nitrogen and oxygen atoms in total. The summed E-state index contributed by atoms with van der Waals surface area (Å²) in [6.07, 6.45) is 3.31. The predicted octanol–water partition coefficient (Wildman–Crippen LogP) is -0.260. The topological polar surface area (TPSA) is 66.6 Å². The summed E-state index contributed by atoms with van der Waals surface area (Å²) in [5.74, 6) is -0.114. The molecular weight excluding hydrogens is 192 g/mol. The first-order valence-electron chi connectivity index (χ1n) is 4.41. The molecule has 1 saturated heterocycles. The number of carbonyl (C=O) groups is 1. The third-order valence-electron chi connectivity index (χ3n) is 2.18. The van der Waals surface area contributed by atoms with Crippen LogP contribution in [0.1, 0.15) is 19.3 Å². The first kappa shape index (κ1) is 12.7. The maximum Gasteiger partial charge on any atom is 0.241 e. The van der Waals surface area contributed by atoms with E-state index in [4.69, 9.17) is 10.8 Å². The Balaban J connectivity index is 0.00000144. The summed E-state index contributed by atoms with van der Waals surface area (Å²) >= 11 is 0. The number of carbonyl (C=O) groups excluding carboxylic acids is 1. The Hall–Kier alpha value is -0.320. The minimum Gasteiger partial charge on any atom is -0.394 e. The lowest BCUT2D eigenvalue weighted by Crippen LogP contribution is -2.47. The molecule has 0 spiro atoms. The minimum absolute atomic E-state index is 0. The number of nitrogens with zero attached hydrogens (tertiary/aromatic N) is 1. The van der Waals surface area contributed by atoms with Gasteiger partial charge in [-0.25, -0.2) is 0 Å². The number of nitrogens with two attached hydrogens (primary N) is 1. The molecule has 0 aromatic carbocycles. The number of rotatable bonds is 2. The molecule has 0 aromatic heterocycles. The van der Waals surface area contributed by atoms with Crippen LogP contribution in [-0.2, 0) is 4.79 Å². The van der Waals surface area contributed by atoms with Crippen LogP contribution in [0.15, 0.2) is 0 Å². The van der Waals surface area contributed by atoms with Crippen molar-refractivity contribution in [3.05, 3.63) is 0 Å². The monoisotopic (exact) mass is 208 g/mol. The van der Waals surface area contributed by atoms with Gasteiger partial charge in [-0.1, -0.05) is 0 Å². The Morgan fingerprint density at radius 3 is 2.38 bits per heavy atom. The van der Waals surface area contributed by atoms with E-state index < -0.39 is 6.04 Å². The molecule has 78 valence electrons. The number of hydrogen-bond acceptors (Lipinski definition) is 3. The van der Waals surface area contributed by atoms with Crippen molar-refractivity contribution in [1.82, 2.24) is 4.90 Å². The predicted molar refractivity (Wildman–Crippen MR) is 52.7 cm³/mol. The van der Waals surface area contributed by atoms with E-state index in [-0.39, 0.29) is 24.9 Å². The molecule has 5 heteroatoms. The molecule has 1 rings (SSSR count). The Kier molecular flexibility index (Phi) is 6.03. The number of amides is 1. The van der Waals surface area contributed by atoms with Crippen LogP contribution in [0.3, 0.4) is 0 Å². The van der Waals surface area contributed by atoms with Gasteiger partial charge in [0.15, 0.2) is 0 Å². The van der Waals surface area contributed by atoms with Gasteiger partial charge in [0.05, 0.1) is 6.61 Å². The molecule has 0 aliphatic carbocycles. The summed E-state index contributed by atoms with van der Waals surface area (Å²) in [6.45, 7) is 1.34. The van der Waals surface area contributed by atoms with Crippen molar-refractivity contribution in [1.29, 1.82) is 0 Å².